The number of alkyl carbamates (subject to hydrolysis) is 1. The number of carbonyl (C=O) groups excluding carboxylic acids is 2. The van der Waals surface area contributed by atoms with Crippen LogP contribution in [0.3, 0.4) is 0 Å². The molecule has 0 saturated carbocycles. The van der Waals surface area contributed by atoms with Gasteiger partial charge < -0.3 is 20.1 Å². The summed E-state index contributed by atoms with van der Waals surface area (Å²) in [5, 5.41) is 5.45. The van der Waals surface area contributed by atoms with Crippen molar-refractivity contribution in [2.45, 2.75) is 25.9 Å². The second-order valence-electron chi connectivity index (χ2n) is 4.83. The Morgan fingerprint density at radius 1 is 1.00 bits per heavy atom. The number of methoxy groups -OCH3 is 1. The van der Waals surface area contributed by atoms with Gasteiger partial charge in [0.05, 0.1) is 0 Å². The van der Waals surface area contributed by atoms with Crippen molar-refractivity contribution in [2.75, 3.05) is 26.8 Å². The highest BCUT2D eigenvalue weighted by Crippen LogP contribution is 2.00. The Bertz CT molecular complexity index is 437. The Kier molecular flexibility index (Phi) is 9.45. The molecule has 22 heavy (non-hydrogen) atoms. The summed E-state index contributed by atoms with van der Waals surface area (Å²) in [5.74, 6) is -0.106. The minimum absolute atomic E-state index is 0.0921. The van der Waals surface area contributed by atoms with Gasteiger partial charge in [0.15, 0.2) is 0 Å². The average Bonchev–Trinajstić information content (AvgIpc) is 2.53. The van der Waals surface area contributed by atoms with E-state index in [1.54, 1.807) is 0 Å². The van der Waals surface area contributed by atoms with Crippen LogP contribution in [0, 0.1) is 0 Å². The Balaban J connectivity index is 1.94. The van der Waals surface area contributed by atoms with Gasteiger partial charge in [-0.15, -0.1) is 0 Å². The molecule has 0 bridgehead atoms. The monoisotopic (exact) mass is 308 g/mol. The second kappa shape index (κ2) is 11.6. The lowest BCUT2D eigenvalue weighted by Gasteiger charge is -2.07. The third kappa shape index (κ3) is 8.97. The van der Waals surface area contributed by atoms with E-state index in [4.69, 9.17) is 9.47 Å². The summed E-state index contributed by atoms with van der Waals surface area (Å²) in [7, 11) is 1.49. The van der Waals surface area contributed by atoms with Gasteiger partial charge in [0.25, 0.3) is 0 Å². The van der Waals surface area contributed by atoms with E-state index >= 15 is 0 Å². The minimum atomic E-state index is -0.405. The molecule has 0 aliphatic heterocycles. The highest BCUT2D eigenvalue weighted by molar-refractivity contribution is 5.77. The first-order chi connectivity index (χ1) is 10.7. The maximum atomic E-state index is 11.5. The Labute approximate surface area is 131 Å². The van der Waals surface area contributed by atoms with Gasteiger partial charge in [-0.25, -0.2) is 4.79 Å². The molecular weight excluding hydrogens is 284 g/mol. The number of carbonyl (C=O) groups is 2. The summed E-state index contributed by atoms with van der Waals surface area (Å²) in [6, 6.07) is 9.54. The molecule has 1 aromatic rings. The van der Waals surface area contributed by atoms with E-state index in [0.717, 1.165) is 24.8 Å². The average molecular weight is 308 g/mol. The van der Waals surface area contributed by atoms with Crippen molar-refractivity contribution >= 4 is 12.0 Å². The molecule has 0 aromatic heterocycles. The lowest BCUT2D eigenvalue weighted by atomic mass is 10.2. The molecule has 0 heterocycles. The van der Waals surface area contributed by atoms with Crippen LogP contribution < -0.4 is 10.6 Å². The van der Waals surface area contributed by atoms with Crippen LogP contribution in [0.25, 0.3) is 0 Å². The molecule has 0 unspecified atom stereocenters. The number of amides is 2. The van der Waals surface area contributed by atoms with E-state index in [0.29, 0.717) is 13.1 Å². The summed E-state index contributed by atoms with van der Waals surface area (Å²) in [6.45, 7) is 1.56. The first-order valence-electron chi connectivity index (χ1n) is 7.42. The molecule has 6 nitrogen and oxygen atoms in total. The maximum absolute atomic E-state index is 11.5. The fourth-order valence-corrected chi connectivity index (χ4v) is 1.80. The highest BCUT2D eigenvalue weighted by Gasteiger charge is 2.02. The van der Waals surface area contributed by atoms with Gasteiger partial charge in [0.1, 0.15) is 13.2 Å². The standard InChI is InChI=1S/C16H24N2O4/c1-21-13-15(19)17-10-6-3-7-11-18-16(20)22-12-14-8-4-2-5-9-14/h2,4-5,8-9H,3,6-7,10-13H2,1H3,(H,17,19)(H,18,20). The molecule has 2 N–H and O–H groups in total. The van der Waals surface area contributed by atoms with Crippen molar-refractivity contribution < 1.29 is 19.1 Å². The third-order valence-corrected chi connectivity index (χ3v) is 2.93. The van der Waals surface area contributed by atoms with Crippen molar-refractivity contribution in [2.24, 2.45) is 0 Å². The maximum Gasteiger partial charge on any atom is 0.407 e. The number of benzene rings is 1. The lowest BCUT2D eigenvalue weighted by molar-refractivity contribution is -0.124. The van der Waals surface area contributed by atoms with Gasteiger partial charge in [-0.05, 0) is 24.8 Å². The summed E-state index contributed by atoms with van der Waals surface area (Å²) < 4.78 is 9.80. The first kappa shape index (κ1) is 18.0. The number of hydrogen-bond donors (Lipinski definition) is 2. The quantitative estimate of drug-likeness (QED) is 0.647. The molecule has 0 saturated heterocycles. The van der Waals surface area contributed by atoms with Crippen LogP contribution in [0.15, 0.2) is 30.3 Å². The smallest absolute Gasteiger partial charge is 0.407 e. The molecule has 1 aromatic carbocycles. The van der Waals surface area contributed by atoms with Crippen molar-refractivity contribution in [3.8, 4) is 0 Å². The zero-order valence-electron chi connectivity index (χ0n) is 13.0. The van der Waals surface area contributed by atoms with Crippen molar-refractivity contribution in [3.63, 3.8) is 0 Å². The Morgan fingerprint density at radius 3 is 2.36 bits per heavy atom. The molecule has 6 heteroatoms. The van der Waals surface area contributed by atoms with Crippen LogP contribution in [-0.2, 0) is 20.9 Å². The minimum Gasteiger partial charge on any atom is -0.445 e. The molecule has 0 fully saturated rings. The summed E-state index contributed by atoms with van der Waals surface area (Å²) >= 11 is 0. The van der Waals surface area contributed by atoms with Crippen LogP contribution >= 0.6 is 0 Å². The van der Waals surface area contributed by atoms with Crippen LogP contribution in [0.4, 0.5) is 4.79 Å². The van der Waals surface area contributed by atoms with E-state index in [1.165, 1.54) is 7.11 Å². The zero-order chi connectivity index (χ0) is 16.0. The van der Waals surface area contributed by atoms with Gasteiger partial charge in [-0.2, -0.15) is 0 Å². The van der Waals surface area contributed by atoms with Crippen LogP contribution in [-0.4, -0.2) is 38.8 Å². The molecule has 0 atom stereocenters. The van der Waals surface area contributed by atoms with E-state index in [9.17, 15) is 9.59 Å². The molecule has 1 rings (SSSR count). The third-order valence-electron chi connectivity index (χ3n) is 2.93. The zero-order valence-corrected chi connectivity index (χ0v) is 13.0. The summed E-state index contributed by atoms with van der Waals surface area (Å²) in [4.78, 5) is 22.6. The first-order valence-corrected chi connectivity index (χ1v) is 7.42. The topological polar surface area (TPSA) is 76.7 Å². The van der Waals surface area contributed by atoms with Gasteiger partial charge >= 0.3 is 6.09 Å². The van der Waals surface area contributed by atoms with Crippen molar-refractivity contribution in [1.82, 2.24) is 10.6 Å². The molecule has 122 valence electrons. The molecule has 0 aliphatic rings. The van der Waals surface area contributed by atoms with Gasteiger partial charge in [0.2, 0.25) is 5.91 Å². The van der Waals surface area contributed by atoms with Crippen molar-refractivity contribution in [1.29, 1.82) is 0 Å². The SMILES string of the molecule is COCC(=O)NCCCCCNC(=O)OCc1ccccc1. The number of ether oxygens (including phenoxy) is 2. The lowest BCUT2D eigenvalue weighted by Crippen LogP contribution is -2.28. The van der Waals surface area contributed by atoms with Gasteiger partial charge in [-0.3, -0.25) is 4.79 Å². The molecule has 0 aliphatic carbocycles. The largest absolute Gasteiger partial charge is 0.445 e. The van der Waals surface area contributed by atoms with Crippen LogP contribution in [0.2, 0.25) is 0 Å². The highest BCUT2D eigenvalue weighted by atomic mass is 16.5. The van der Waals surface area contributed by atoms with E-state index in [2.05, 4.69) is 10.6 Å². The van der Waals surface area contributed by atoms with Crippen molar-refractivity contribution in [3.05, 3.63) is 35.9 Å². The Hall–Kier alpha value is -2.08. The van der Waals surface area contributed by atoms with E-state index in [1.807, 2.05) is 30.3 Å². The molecule has 2 amide bonds. The summed E-state index contributed by atoms with van der Waals surface area (Å²) in [5.41, 5.74) is 0.962. The fourth-order valence-electron chi connectivity index (χ4n) is 1.80. The molecule has 0 radical (unpaired) electrons. The summed E-state index contributed by atoms with van der Waals surface area (Å²) in [6.07, 6.45) is 2.24. The predicted octanol–water partition coefficient (Wildman–Crippen LogP) is 1.85. The number of nitrogens with one attached hydrogen (secondary N) is 2. The number of unbranched alkanes of at least 4 members (excludes halogenated alkanes) is 2. The van der Waals surface area contributed by atoms with Crippen LogP contribution in [0.1, 0.15) is 24.8 Å². The molecular formula is C16H24N2O4. The predicted molar refractivity (Wildman–Crippen MR) is 83.4 cm³/mol. The normalized spacial score (nSPS) is 10.0. The van der Waals surface area contributed by atoms with E-state index < -0.39 is 6.09 Å². The van der Waals surface area contributed by atoms with E-state index in [-0.39, 0.29) is 19.1 Å². The van der Waals surface area contributed by atoms with Gasteiger partial charge in [-0.1, -0.05) is 30.3 Å². The van der Waals surface area contributed by atoms with Gasteiger partial charge in [0, 0.05) is 20.2 Å². The Morgan fingerprint density at radius 2 is 1.68 bits per heavy atom. The second-order valence-corrected chi connectivity index (χ2v) is 4.83. The molecule has 0 spiro atoms. The fraction of sp³-hybridized carbons (Fsp3) is 0.500. The number of rotatable bonds is 10. The van der Waals surface area contributed by atoms with Crippen LogP contribution in [0.5, 0.6) is 0 Å². The number of hydrogen-bond acceptors (Lipinski definition) is 4.